The average Bonchev–Trinajstić information content (AvgIpc) is 1.98. The minimum Gasteiger partial charge on any atom is -0.457 e. The first-order chi connectivity index (χ1) is 4.85. The first-order valence-electron chi connectivity index (χ1n) is 3.39. The van der Waals surface area contributed by atoms with Crippen molar-refractivity contribution in [2.24, 2.45) is 0 Å². The van der Waals surface area contributed by atoms with Gasteiger partial charge in [-0.3, -0.25) is 9.59 Å². The van der Waals surface area contributed by atoms with E-state index in [-0.39, 0.29) is 0 Å². The number of hydrogen-bond donors (Lipinski definition) is 0. The Labute approximate surface area is 60.4 Å². The Morgan fingerprint density at radius 3 is 2.60 bits per heavy atom. The fourth-order valence-electron chi connectivity index (χ4n) is 0.645. The molecule has 1 unspecified atom stereocenters. The molecule has 3 heteroatoms. The smallest absolute Gasteiger partial charge is 0.293 e. The van der Waals surface area contributed by atoms with Crippen LogP contribution >= 0.6 is 0 Å². The van der Waals surface area contributed by atoms with Crippen LogP contribution in [0.25, 0.3) is 0 Å². The van der Waals surface area contributed by atoms with E-state index in [0.29, 0.717) is 19.2 Å². The highest BCUT2D eigenvalue weighted by Crippen LogP contribution is 2.00. The standard InChI is InChI=1S/C7H12O3/c1-2-3-4-7(5-8)10-6-9/h5-7H,2-4H2,1H3. The molecule has 0 fully saturated rings. The van der Waals surface area contributed by atoms with E-state index in [9.17, 15) is 9.59 Å². The van der Waals surface area contributed by atoms with Crippen molar-refractivity contribution in [3.05, 3.63) is 0 Å². The summed E-state index contributed by atoms with van der Waals surface area (Å²) in [6.45, 7) is 2.33. The van der Waals surface area contributed by atoms with Crippen molar-refractivity contribution in [3.63, 3.8) is 0 Å². The quantitative estimate of drug-likeness (QED) is 0.520. The maximum Gasteiger partial charge on any atom is 0.293 e. The van der Waals surface area contributed by atoms with E-state index in [1.807, 2.05) is 6.92 Å². The van der Waals surface area contributed by atoms with Crippen molar-refractivity contribution in [2.45, 2.75) is 32.3 Å². The van der Waals surface area contributed by atoms with Gasteiger partial charge in [0.1, 0.15) is 0 Å². The molecule has 0 saturated carbocycles. The molecule has 0 bridgehead atoms. The Bertz CT molecular complexity index is 101. The van der Waals surface area contributed by atoms with Gasteiger partial charge in [-0.2, -0.15) is 0 Å². The number of carbonyl (C=O) groups is 2. The minimum atomic E-state index is -0.530. The van der Waals surface area contributed by atoms with Crippen LogP contribution in [-0.2, 0) is 14.3 Å². The zero-order valence-corrected chi connectivity index (χ0v) is 6.08. The number of rotatable bonds is 6. The predicted molar refractivity (Wildman–Crippen MR) is 36.5 cm³/mol. The van der Waals surface area contributed by atoms with E-state index < -0.39 is 6.10 Å². The predicted octanol–water partition coefficient (Wildman–Crippen LogP) is 0.917. The molecule has 0 aromatic rings. The van der Waals surface area contributed by atoms with Crippen LogP contribution in [0.4, 0.5) is 0 Å². The summed E-state index contributed by atoms with van der Waals surface area (Å²) in [5.41, 5.74) is 0. The lowest BCUT2D eigenvalue weighted by Crippen LogP contribution is -2.12. The average molecular weight is 144 g/mol. The van der Waals surface area contributed by atoms with Crippen molar-refractivity contribution in [2.75, 3.05) is 0 Å². The number of carbonyl (C=O) groups excluding carboxylic acids is 2. The van der Waals surface area contributed by atoms with E-state index in [4.69, 9.17) is 0 Å². The van der Waals surface area contributed by atoms with E-state index in [2.05, 4.69) is 4.74 Å². The fourth-order valence-corrected chi connectivity index (χ4v) is 0.645. The van der Waals surface area contributed by atoms with Gasteiger partial charge in [-0.1, -0.05) is 13.3 Å². The second kappa shape index (κ2) is 6.26. The molecule has 1 atom stereocenters. The normalized spacial score (nSPS) is 12.1. The summed E-state index contributed by atoms with van der Waals surface area (Å²) in [5, 5.41) is 0. The van der Waals surface area contributed by atoms with Crippen LogP contribution < -0.4 is 0 Å². The highest BCUT2D eigenvalue weighted by Gasteiger charge is 2.04. The SMILES string of the molecule is CCCCC(C=O)OC=O. The highest BCUT2D eigenvalue weighted by molar-refractivity contribution is 5.58. The van der Waals surface area contributed by atoms with Gasteiger partial charge in [0.15, 0.2) is 12.4 Å². The van der Waals surface area contributed by atoms with Gasteiger partial charge in [0.2, 0.25) is 0 Å². The number of unbranched alkanes of at least 4 members (excludes halogenated alkanes) is 1. The molecule has 0 spiro atoms. The Hall–Kier alpha value is -0.860. The second-order valence-corrected chi connectivity index (χ2v) is 2.05. The molecule has 0 aliphatic rings. The molecule has 0 heterocycles. The highest BCUT2D eigenvalue weighted by atomic mass is 16.5. The molecule has 0 rings (SSSR count). The summed E-state index contributed by atoms with van der Waals surface area (Å²) in [7, 11) is 0. The van der Waals surface area contributed by atoms with Crippen LogP contribution in [0.5, 0.6) is 0 Å². The van der Waals surface area contributed by atoms with Gasteiger partial charge in [-0.05, 0) is 12.8 Å². The second-order valence-electron chi connectivity index (χ2n) is 2.05. The summed E-state index contributed by atoms with van der Waals surface area (Å²) in [4.78, 5) is 19.9. The first-order valence-corrected chi connectivity index (χ1v) is 3.39. The van der Waals surface area contributed by atoms with Gasteiger partial charge in [-0.15, -0.1) is 0 Å². The molecule has 0 aromatic carbocycles. The molecule has 0 radical (unpaired) electrons. The minimum absolute atomic E-state index is 0.314. The van der Waals surface area contributed by atoms with Crippen LogP contribution in [0.3, 0.4) is 0 Å². The van der Waals surface area contributed by atoms with E-state index >= 15 is 0 Å². The summed E-state index contributed by atoms with van der Waals surface area (Å²) in [5.74, 6) is 0. The van der Waals surface area contributed by atoms with Gasteiger partial charge in [0.25, 0.3) is 6.47 Å². The zero-order valence-electron chi connectivity index (χ0n) is 6.08. The Morgan fingerprint density at radius 2 is 2.20 bits per heavy atom. The van der Waals surface area contributed by atoms with E-state index in [1.165, 1.54) is 0 Å². The number of hydrogen-bond acceptors (Lipinski definition) is 3. The van der Waals surface area contributed by atoms with Crippen LogP contribution in [0.1, 0.15) is 26.2 Å². The Kier molecular flexibility index (Phi) is 5.72. The lowest BCUT2D eigenvalue weighted by Gasteiger charge is -2.05. The molecule has 0 N–H and O–H groups in total. The van der Waals surface area contributed by atoms with Crippen molar-refractivity contribution in [1.29, 1.82) is 0 Å². The van der Waals surface area contributed by atoms with Crippen molar-refractivity contribution >= 4 is 12.8 Å². The third kappa shape index (κ3) is 4.06. The molecule has 0 aliphatic carbocycles. The number of aldehydes is 1. The Morgan fingerprint density at radius 1 is 1.50 bits per heavy atom. The maximum atomic E-state index is 10.1. The Balaban J connectivity index is 3.38. The molecule has 3 nitrogen and oxygen atoms in total. The monoisotopic (exact) mass is 144 g/mol. The number of ether oxygens (including phenoxy) is 1. The topological polar surface area (TPSA) is 43.4 Å². The molecular formula is C7H12O3. The van der Waals surface area contributed by atoms with Gasteiger partial charge in [0.05, 0.1) is 0 Å². The van der Waals surface area contributed by atoms with Gasteiger partial charge in [-0.25, -0.2) is 0 Å². The van der Waals surface area contributed by atoms with Gasteiger partial charge >= 0.3 is 0 Å². The van der Waals surface area contributed by atoms with Gasteiger partial charge in [0, 0.05) is 0 Å². The first kappa shape index (κ1) is 9.14. The molecule has 10 heavy (non-hydrogen) atoms. The summed E-state index contributed by atoms with van der Waals surface area (Å²) < 4.78 is 4.44. The third-order valence-corrected chi connectivity index (χ3v) is 1.22. The molecule has 0 aliphatic heterocycles. The van der Waals surface area contributed by atoms with E-state index in [1.54, 1.807) is 0 Å². The molecular weight excluding hydrogens is 132 g/mol. The lowest BCUT2D eigenvalue weighted by molar-refractivity contribution is -0.139. The molecule has 58 valence electrons. The third-order valence-electron chi connectivity index (χ3n) is 1.22. The van der Waals surface area contributed by atoms with Crippen molar-refractivity contribution < 1.29 is 14.3 Å². The van der Waals surface area contributed by atoms with Crippen molar-refractivity contribution in [3.8, 4) is 0 Å². The molecule has 0 saturated heterocycles. The maximum absolute atomic E-state index is 10.1. The van der Waals surface area contributed by atoms with Gasteiger partial charge < -0.3 is 4.74 Å². The molecule has 0 amide bonds. The summed E-state index contributed by atoms with van der Waals surface area (Å²) in [6.07, 6.45) is 2.68. The van der Waals surface area contributed by atoms with Crippen LogP contribution in [0, 0.1) is 0 Å². The van der Waals surface area contributed by atoms with E-state index in [0.717, 1.165) is 12.8 Å². The lowest BCUT2D eigenvalue weighted by atomic mass is 10.2. The van der Waals surface area contributed by atoms with Crippen LogP contribution in [-0.4, -0.2) is 18.9 Å². The summed E-state index contributed by atoms with van der Waals surface area (Å²) in [6, 6.07) is 0. The molecule has 0 aromatic heterocycles. The zero-order chi connectivity index (χ0) is 7.82. The summed E-state index contributed by atoms with van der Waals surface area (Å²) >= 11 is 0. The largest absolute Gasteiger partial charge is 0.457 e. The van der Waals surface area contributed by atoms with Crippen molar-refractivity contribution in [1.82, 2.24) is 0 Å². The van der Waals surface area contributed by atoms with Crippen LogP contribution in [0.2, 0.25) is 0 Å². The fraction of sp³-hybridized carbons (Fsp3) is 0.714. The van der Waals surface area contributed by atoms with Crippen LogP contribution in [0.15, 0.2) is 0 Å².